The first-order valence-corrected chi connectivity index (χ1v) is 9.73. The van der Waals surface area contributed by atoms with Gasteiger partial charge >= 0.3 is 5.97 Å². The average molecular weight is 370 g/mol. The van der Waals surface area contributed by atoms with E-state index in [4.69, 9.17) is 0 Å². The van der Waals surface area contributed by atoms with Gasteiger partial charge in [0.15, 0.2) is 5.65 Å². The summed E-state index contributed by atoms with van der Waals surface area (Å²) in [7, 11) is 0. The molecule has 1 spiro atoms. The Hall–Kier alpha value is -2.44. The molecular formula is C20H26N4O3. The van der Waals surface area contributed by atoms with Gasteiger partial charge in [0.25, 0.3) is 5.91 Å². The highest BCUT2D eigenvalue weighted by Crippen LogP contribution is 2.59. The molecule has 2 atom stereocenters. The molecule has 3 heterocycles. The van der Waals surface area contributed by atoms with Crippen molar-refractivity contribution in [3.8, 4) is 0 Å². The second kappa shape index (κ2) is 6.32. The predicted molar refractivity (Wildman–Crippen MR) is 101 cm³/mol. The van der Waals surface area contributed by atoms with Crippen LogP contribution in [0.4, 0.5) is 0 Å². The standard InChI is InChI=1S/C20H26N4O3/c1-4-13(3)24-17-15(11-21-24)14(9-12(2)22-17)18(25)23-7-5-20(6-8-23)10-16(20)19(26)27/h9,11,13,16H,4-8,10H2,1-3H3,(H,26,27). The Morgan fingerprint density at radius 3 is 2.67 bits per heavy atom. The molecule has 1 aliphatic heterocycles. The van der Waals surface area contributed by atoms with Crippen LogP contribution in [0.5, 0.6) is 0 Å². The third kappa shape index (κ3) is 2.89. The molecule has 1 saturated heterocycles. The maximum absolute atomic E-state index is 13.2. The molecule has 7 heteroatoms. The summed E-state index contributed by atoms with van der Waals surface area (Å²) in [5.74, 6) is -0.923. The van der Waals surface area contributed by atoms with Gasteiger partial charge in [-0.2, -0.15) is 5.10 Å². The number of hydrogen-bond donors (Lipinski definition) is 1. The summed E-state index contributed by atoms with van der Waals surface area (Å²) >= 11 is 0. The number of carboxylic acid groups (broad SMARTS) is 1. The van der Waals surface area contributed by atoms with Gasteiger partial charge in [-0.05, 0) is 51.0 Å². The second-order valence-corrected chi connectivity index (χ2v) is 8.14. The first-order valence-electron chi connectivity index (χ1n) is 9.73. The van der Waals surface area contributed by atoms with Crippen molar-refractivity contribution in [2.24, 2.45) is 11.3 Å². The predicted octanol–water partition coefficient (Wildman–Crippen LogP) is 3.04. The number of piperidine rings is 1. The maximum atomic E-state index is 13.2. The van der Waals surface area contributed by atoms with Crippen LogP contribution in [-0.4, -0.2) is 49.7 Å². The molecule has 2 aromatic heterocycles. The van der Waals surface area contributed by atoms with Crippen molar-refractivity contribution in [1.29, 1.82) is 0 Å². The lowest BCUT2D eigenvalue weighted by atomic mass is 9.90. The monoisotopic (exact) mass is 370 g/mol. The second-order valence-electron chi connectivity index (χ2n) is 8.14. The van der Waals surface area contributed by atoms with E-state index in [2.05, 4.69) is 23.9 Å². The van der Waals surface area contributed by atoms with Gasteiger partial charge in [0.1, 0.15) is 0 Å². The number of aliphatic carboxylic acids is 1. The molecule has 2 fully saturated rings. The largest absolute Gasteiger partial charge is 0.481 e. The number of likely N-dealkylation sites (tertiary alicyclic amines) is 1. The maximum Gasteiger partial charge on any atom is 0.307 e. The number of fused-ring (bicyclic) bond motifs is 1. The lowest BCUT2D eigenvalue weighted by Crippen LogP contribution is -2.40. The van der Waals surface area contributed by atoms with Crippen LogP contribution in [0.15, 0.2) is 12.3 Å². The molecule has 144 valence electrons. The summed E-state index contributed by atoms with van der Waals surface area (Å²) < 4.78 is 1.89. The molecule has 27 heavy (non-hydrogen) atoms. The number of carboxylic acids is 1. The Kier molecular flexibility index (Phi) is 4.20. The molecule has 0 aromatic carbocycles. The molecular weight excluding hydrogens is 344 g/mol. The minimum atomic E-state index is -0.696. The normalized spacial score (nSPS) is 22.2. The van der Waals surface area contributed by atoms with E-state index in [0.29, 0.717) is 18.7 Å². The first-order chi connectivity index (χ1) is 12.9. The van der Waals surface area contributed by atoms with E-state index in [1.807, 2.05) is 22.6 Å². The molecule has 2 unspecified atom stereocenters. The topological polar surface area (TPSA) is 88.3 Å². The van der Waals surface area contributed by atoms with Crippen molar-refractivity contribution >= 4 is 22.9 Å². The molecule has 1 N–H and O–H groups in total. The zero-order chi connectivity index (χ0) is 19.3. The van der Waals surface area contributed by atoms with Crippen molar-refractivity contribution in [3.63, 3.8) is 0 Å². The Morgan fingerprint density at radius 1 is 1.37 bits per heavy atom. The van der Waals surface area contributed by atoms with Crippen LogP contribution in [-0.2, 0) is 4.79 Å². The molecule has 7 nitrogen and oxygen atoms in total. The number of rotatable bonds is 4. The Morgan fingerprint density at radius 2 is 2.07 bits per heavy atom. The highest BCUT2D eigenvalue weighted by atomic mass is 16.4. The summed E-state index contributed by atoms with van der Waals surface area (Å²) in [6.07, 6.45) is 4.98. The number of aromatic nitrogens is 3. The summed E-state index contributed by atoms with van der Waals surface area (Å²) in [4.78, 5) is 30.9. The molecule has 1 amide bonds. The summed E-state index contributed by atoms with van der Waals surface area (Å²) in [6.45, 7) is 7.33. The lowest BCUT2D eigenvalue weighted by Gasteiger charge is -2.32. The zero-order valence-electron chi connectivity index (χ0n) is 16.1. The number of aryl methyl sites for hydroxylation is 1. The number of nitrogens with zero attached hydrogens (tertiary/aromatic N) is 4. The smallest absolute Gasteiger partial charge is 0.307 e. The minimum absolute atomic E-state index is 0.00317. The van der Waals surface area contributed by atoms with Gasteiger partial charge < -0.3 is 10.0 Å². The highest BCUT2D eigenvalue weighted by Gasteiger charge is 2.59. The average Bonchev–Trinajstić information content (AvgIpc) is 3.19. The van der Waals surface area contributed by atoms with Crippen molar-refractivity contribution in [1.82, 2.24) is 19.7 Å². The van der Waals surface area contributed by atoms with Gasteiger partial charge in [-0.25, -0.2) is 9.67 Å². The van der Waals surface area contributed by atoms with Crippen LogP contribution in [0.1, 0.15) is 61.6 Å². The van der Waals surface area contributed by atoms with E-state index in [0.717, 1.165) is 42.4 Å². The van der Waals surface area contributed by atoms with Gasteiger partial charge in [-0.3, -0.25) is 9.59 Å². The van der Waals surface area contributed by atoms with Crippen LogP contribution < -0.4 is 0 Å². The van der Waals surface area contributed by atoms with Crippen LogP contribution in [0.25, 0.3) is 11.0 Å². The van der Waals surface area contributed by atoms with Crippen LogP contribution in [0.2, 0.25) is 0 Å². The van der Waals surface area contributed by atoms with E-state index < -0.39 is 5.97 Å². The highest BCUT2D eigenvalue weighted by molar-refractivity contribution is 6.05. The summed E-state index contributed by atoms with van der Waals surface area (Å²) in [6, 6.07) is 2.06. The van der Waals surface area contributed by atoms with E-state index in [1.54, 1.807) is 6.20 Å². The fourth-order valence-corrected chi connectivity index (χ4v) is 4.39. The summed E-state index contributed by atoms with van der Waals surface area (Å²) in [5, 5.41) is 14.5. The Bertz CT molecular complexity index is 911. The quantitative estimate of drug-likeness (QED) is 0.894. The minimum Gasteiger partial charge on any atom is -0.481 e. The van der Waals surface area contributed by atoms with Gasteiger partial charge in [-0.1, -0.05) is 6.92 Å². The van der Waals surface area contributed by atoms with E-state index in [1.165, 1.54) is 0 Å². The first kappa shape index (κ1) is 17.9. The van der Waals surface area contributed by atoms with Crippen molar-refractivity contribution in [3.05, 3.63) is 23.5 Å². The molecule has 4 rings (SSSR count). The molecule has 0 bridgehead atoms. The summed E-state index contributed by atoms with van der Waals surface area (Å²) in [5.41, 5.74) is 2.13. The van der Waals surface area contributed by atoms with Crippen molar-refractivity contribution < 1.29 is 14.7 Å². The number of amides is 1. The molecule has 2 aromatic rings. The molecule has 1 saturated carbocycles. The molecule has 0 radical (unpaired) electrons. The molecule has 2 aliphatic rings. The molecule has 1 aliphatic carbocycles. The number of carbonyl (C=O) groups is 2. The van der Waals surface area contributed by atoms with Gasteiger partial charge in [-0.15, -0.1) is 0 Å². The van der Waals surface area contributed by atoms with Crippen LogP contribution >= 0.6 is 0 Å². The van der Waals surface area contributed by atoms with Gasteiger partial charge in [0, 0.05) is 18.8 Å². The van der Waals surface area contributed by atoms with Crippen LogP contribution in [0, 0.1) is 18.3 Å². The van der Waals surface area contributed by atoms with E-state index >= 15 is 0 Å². The van der Waals surface area contributed by atoms with Crippen molar-refractivity contribution in [2.75, 3.05) is 13.1 Å². The van der Waals surface area contributed by atoms with E-state index in [9.17, 15) is 14.7 Å². The third-order valence-electron chi connectivity index (χ3n) is 6.47. The van der Waals surface area contributed by atoms with E-state index in [-0.39, 0.29) is 23.3 Å². The van der Waals surface area contributed by atoms with Crippen LogP contribution in [0.3, 0.4) is 0 Å². The lowest BCUT2D eigenvalue weighted by molar-refractivity contribution is -0.139. The third-order valence-corrected chi connectivity index (χ3v) is 6.47. The van der Waals surface area contributed by atoms with Crippen molar-refractivity contribution in [2.45, 2.75) is 52.5 Å². The fraction of sp³-hybridized carbons (Fsp3) is 0.600. The number of carbonyl (C=O) groups excluding carboxylic acids is 1. The fourth-order valence-electron chi connectivity index (χ4n) is 4.39. The van der Waals surface area contributed by atoms with Gasteiger partial charge in [0.2, 0.25) is 0 Å². The Balaban J connectivity index is 1.59. The zero-order valence-corrected chi connectivity index (χ0v) is 16.1. The number of pyridine rings is 1. The number of hydrogen-bond acceptors (Lipinski definition) is 4. The van der Waals surface area contributed by atoms with Gasteiger partial charge in [0.05, 0.1) is 29.1 Å². The SMILES string of the molecule is CCC(C)n1ncc2c(C(=O)N3CCC4(CC3)CC4C(=O)O)cc(C)nc21. The Labute approximate surface area is 158 Å².